The lowest BCUT2D eigenvalue weighted by Crippen LogP contribution is -2.46. The fraction of sp³-hybridized carbons (Fsp3) is 0.237. The van der Waals surface area contributed by atoms with Crippen molar-refractivity contribution in [3.8, 4) is 5.75 Å². The second kappa shape index (κ2) is 16.8. The Hall–Kier alpha value is -6.17. The van der Waals surface area contributed by atoms with Gasteiger partial charge in [0.15, 0.2) is 6.61 Å². The number of urea groups is 1. The summed E-state index contributed by atoms with van der Waals surface area (Å²) in [6.45, 7) is 4.11. The highest BCUT2D eigenvalue weighted by Gasteiger charge is 2.26. The summed E-state index contributed by atoms with van der Waals surface area (Å²) < 4.78 is 5.96. The van der Waals surface area contributed by atoms with Crippen LogP contribution in [0.4, 0.5) is 27.5 Å². The molecule has 0 aliphatic heterocycles. The second-order valence-corrected chi connectivity index (χ2v) is 11.8. The minimum atomic E-state index is -1.06. The molecule has 0 bridgehead atoms. The third-order valence-electron chi connectivity index (χ3n) is 8.03. The zero-order valence-electron chi connectivity index (χ0n) is 28.7. The van der Waals surface area contributed by atoms with Crippen molar-refractivity contribution in [3.63, 3.8) is 0 Å². The molecule has 0 aromatic heterocycles. The van der Waals surface area contributed by atoms with Crippen molar-refractivity contribution in [1.82, 2.24) is 5.32 Å². The van der Waals surface area contributed by atoms with Crippen LogP contribution >= 0.6 is 0 Å². The molecule has 12 heteroatoms. The van der Waals surface area contributed by atoms with E-state index in [-0.39, 0.29) is 29.6 Å². The number of anilines is 4. The Morgan fingerprint density at radius 2 is 1.34 bits per heavy atom. The number of aryl methyl sites for hydroxylation is 2. The number of amides is 5. The minimum Gasteiger partial charge on any atom is -0.482 e. The third kappa shape index (κ3) is 9.47. The Balaban J connectivity index is 1.54. The Labute approximate surface area is 291 Å². The van der Waals surface area contributed by atoms with E-state index in [4.69, 9.17) is 4.74 Å². The van der Waals surface area contributed by atoms with Crippen LogP contribution in [-0.2, 0) is 19.2 Å². The molecule has 3 N–H and O–H groups in total. The molecule has 4 rings (SSSR count). The number of aliphatic carboxylic acids is 1. The van der Waals surface area contributed by atoms with Crippen LogP contribution in [-0.4, -0.2) is 68.6 Å². The monoisotopic (exact) mass is 679 g/mol. The predicted octanol–water partition coefficient (Wildman–Crippen LogP) is 5.35. The van der Waals surface area contributed by atoms with Crippen LogP contribution in [0.3, 0.4) is 0 Å². The number of ether oxygens (including phenoxy) is 1. The normalized spacial score (nSPS) is 11.1. The summed E-state index contributed by atoms with van der Waals surface area (Å²) in [6, 6.07) is 26.9. The molecule has 4 aromatic carbocycles. The molecule has 0 heterocycles. The van der Waals surface area contributed by atoms with E-state index in [0.29, 0.717) is 16.9 Å². The Bertz CT molecular complexity index is 1840. The summed E-state index contributed by atoms with van der Waals surface area (Å²) >= 11 is 0. The van der Waals surface area contributed by atoms with Gasteiger partial charge in [0.25, 0.3) is 5.91 Å². The molecule has 0 aliphatic rings. The maximum absolute atomic E-state index is 13.8. The number of rotatable bonds is 13. The van der Waals surface area contributed by atoms with E-state index in [0.717, 1.165) is 11.1 Å². The van der Waals surface area contributed by atoms with Gasteiger partial charge in [0.1, 0.15) is 12.3 Å². The molecule has 260 valence electrons. The lowest BCUT2D eigenvalue weighted by atomic mass is 9.99. The summed E-state index contributed by atoms with van der Waals surface area (Å²) in [5.41, 5.74) is 4.22. The fourth-order valence-corrected chi connectivity index (χ4v) is 5.21. The first-order valence-corrected chi connectivity index (χ1v) is 15.9. The highest BCUT2D eigenvalue weighted by atomic mass is 16.5. The number of para-hydroxylation sites is 4. The summed E-state index contributed by atoms with van der Waals surface area (Å²) in [5.74, 6) is -3.17. The molecular weight excluding hydrogens is 638 g/mol. The van der Waals surface area contributed by atoms with Crippen molar-refractivity contribution in [3.05, 3.63) is 114 Å². The van der Waals surface area contributed by atoms with E-state index >= 15 is 0 Å². The second-order valence-electron chi connectivity index (χ2n) is 11.8. The molecule has 0 radical (unpaired) electrons. The molecule has 12 nitrogen and oxygen atoms in total. The molecule has 0 spiro atoms. The van der Waals surface area contributed by atoms with Gasteiger partial charge in [-0.1, -0.05) is 54.6 Å². The van der Waals surface area contributed by atoms with E-state index in [1.54, 1.807) is 86.9 Å². The van der Waals surface area contributed by atoms with Gasteiger partial charge in [0.2, 0.25) is 11.8 Å². The number of nitrogens with one attached hydrogen (secondary N) is 2. The van der Waals surface area contributed by atoms with Gasteiger partial charge in [-0.3, -0.25) is 24.1 Å². The van der Waals surface area contributed by atoms with Crippen molar-refractivity contribution >= 4 is 52.5 Å². The van der Waals surface area contributed by atoms with Gasteiger partial charge in [0.05, 0.1) is 18.2 Å². The van der Waals surface area contributed by atoms with Crippen LogP contribution in [0.5, 0.6) is 5.75 Å². The SMILES string of the molecule is Cc1cc(C)cc(N(C)C(=O)COc2ccccc2N(CC(=O)N(C)c2ccccc2)C(=O)CNC(=O)Nc2ccccc2C(C)C(=O)O)c1. The van der Waals surface area contributed by atoms with Gasteiger partial charge in [-0.15, -0.1) is 0 Å². The molecule has 4 aromatic rings. The lowest BCUT2D eigenvalue weighted by molar-refractivity contribution is -0.138. The number of nitrogens with zero attached hydrogens (tertiary/aromatic N) is 3. The van der Waals surface area contributed by atoms with Crippen LogP contribution in [0.1, 0.15) is 29.5 Å². The standard InChI is InChI=1S/C38H41N5O7/c1-25-19-26(2)21-29(20-25)42(5)36(46)24-50-33-18-12-11-17-32(33)43(23-35(45)41(4)28-13-7-6-8-14-28)34(44)22-39-38(49)40-31-16-10-9-15-30(31)27(3)37(47)48/h6-21,27H,22-24H2,1-5H3,(H,47,48)(H2,39,40,49). The molecule has 5 amide bonds. The first-order valence-electron chi connectivity index (χ1n) is 15.9. The van der Waals surface area contributed by atoms with Crippen LogP contribution in [0, 0.1) is 13.8 Å². The molecule has 50 heavy (non-hydrogen) atoms. The van der Waals surface area contributed by atoms with E-state index in [2.05, 4.69) is 10.6 Å². The Morgan fingerprint density at radius 1 is 0.740 bits per heavy atom. The van der Waals surface area contributed by atoms with Gasteiger partial charge in [0, 0.05) is 31.2 Å². The Morgan fingerprint density at radius 3 is 2.02 bits per heavy atom. The van der Waals surface area contributed by atoms with Crippen LogP contribution in [0.15, 0.2) is 97.1 Å². The first kappa shape index (κ1) is 36.7. The van der Waals surface area contributed by atoms with Crippen LogP contribution < -0.4 is 30.1 Å². The summed E-state index contributed by atoms with van der Waals surface area (Å²) in [5, 5.41) is 14.6. The van der Waals surface area contributed by atoms with E-state index in [1.165, 1.54) is 21.6 Å². The molecular formula is C38H41N5O7. The van der Waals surface area contributed by atoms with Gasteiger partial charge in [-0.2, -0.15) is 0 Å². The molecule has 0 aliphatic carbocycles. The van der Waals surface area contributed by atoms with Crippen molar-refractivity contribution in [1.29, 1.82) is 0 Å². The Kier molecular flexibility index (Phi) is 12.3. The van der Waals surface area contributed by atoms with E-state index < -0.39 is 42.8 Å². The minimum absolute atomic E-state index is 0.180. The number of likely N-dealkylation sites (N-methyl/N-ethyl adjacent to an activating group) is 2. The third-order valence-corrected chi connectivity index (χ3v) is 8.03. The number of carbonyl (C=O) groups excluding carboxylic acids is 4. The topological polar surface area (TPSA) is 149 Å². The number of carboxylic acids is 1. The highest BCUT2D eigenvalue weighted by Crippen LogP contribution is 2.29. The average molecular weight is 680 g/mol. The number of benzene rings is 4. The number of hydrogen-bond donors (Lipinski definition) is 3. The largest absolute Gasteiger partial charge is 0.482 e. The smallest absolute Gasteiger partial charge is 0.319 e. The number of hydrogen-bond acceptors (Lipinski definition) is 6. The van der Waals surface area contributed by atoms with E-state index in [1.807, 2.05) is 38.1 Å². The predicted molar refractivity (Wildman–Crippen MR) is 193 cm³/mol. The van der Waals surface area contributed by atoms with Gasteiger partial charge in [-0.25, -0.2) is 4.79 Å². The van der Waals surface area contributed by atoms with Gasteiger partial charge < -0.3 is 30.3 Å². The van der Waals surface area contributed by atoms with Crippen LogP contribution in [0.25, 0.3) is 0 Å². The van der Waals surface area contributed by atoms with Crippen molar-refractivity contribution < 1.29 is 33.8 Å². The summed E-state index contributed by atoms with van der Waals surface area (Å²) in [4.78, 5) is 69.1. The quantitative estimate of drug-likeness (QED) is 0.173. The van der Waals surface area contributed by atoms with Gasteiger partial charge >= 0.3 is 12.0 Å². The number of carbonyl (C=O) groups is 5. The van der Waals surface area contributed by atoms with Crippen molar-refractivity contribution in [2.45, 2.75) is 26.7 Å². The zero-order valence-corrected chi connectivity index (χ0v) is 28.7. The molecule has 1 unspecified atom stereocenters. The van der Waals surface area contributed by atoms with Crippen molar-refractivity contribution in [2.24, 2.45) is 0 Å². The van der Waals surface area contributed by atoms with Crippen molar-refractivity contribution in [2.75, 3.05) is 53.8 Å². The fourth-order valence-electron chi connectivity index (χ4n) is 5.21. The molecule has 0 saturated carbocycles. The zero-order chi connectivity index (χ0) is 36.4. The first-order chi connectivity index (χ1) is 23.8. The molecule has 1 atom stereocenters. The highest BCUT2D eigenvalue weighted by molar-refractivity contribution is 6.06. The maximum Gasteiger partial charge on any atom is 0.319 e. The van der Waals surface area contributed by atoms with Gasteiger partial charge in [-0.05, 0) is 79.9 Å². The average Bonchev–Trinajstić information content (AvgIpc) is 3.11. The van der Waals surface area contributed by atoms with E-state index in [9.17, 15) is 29.1 Å². The van der Waals surface area contributed by atoms with Crippen LogP contribution in [0.2, 0.25) is 0 Å². The lowest BCUT2D eigenvalue weighted by Gasteiger charge is -2.27. The molecule has 0 saturated heterocycles. The maximum atomic E-state index is 13.8. The molecule has 0 fully saturated rings. The summed E-state index contributed by atoms with van der Waals surface area (Å²) in [6.07, 6.45) is 0. The summed E-state index contributed by atoms with van der Waals surface area (Å²) in [7, 11) is 3.24. The number of carboxylic acid groups (broad SMARTS) is 1.